The Morgan fingerprint density at radius 3 is 2.41 bits per heavy atom. The number of aliphatic hydroxyl groups is 1. The SMILES string of the molecule is COC(=O)NC(C(=O)N1CCCC1c1nc2ccc(C3=C4CCc5ccc(c(C6C=NC(C7CCCN7C(=O)C(NC(O)OC)C(C)C)N6C)c5)CCC(=C3)C(C)C4)cc2[nH]1)C(C)C. The first-order valence-electron chi connectivity index (χ1n) is 23.5. The van der Waals surface area contributed by atoms with Crippen LogP contribution < -0.4 is 10.6 Å². The highest BCUT2D eigenvalue weighted by atomic mass is 16.6. The van der Waals surface area contributed by atoms with Gasteiger partial charge in [0.1, 0.15) is 18.0 Å². The molecule has 5 aliphatic carbocycles. The summed E-state index contributed by atoms with van der Waals surface area (Å²) in [5, 5.41) is 15.9. The number of fused-ring (bicyclic) bond motifs is 1. The third-order valence-corrected chi connectivity index (χ3v) is 14.5. The lowest BCUT2D eigenvalue weighted by Crippen LogP contribution is -2.56. The molecule has 4 N–H and O–H groups in total. The molecule has 11 rings (SSSR count). The van der Waals surface area contributed by atoms with Gasteiger partial charge in [0.25, 0.3) is 0 Å². The fraction of sp³-hybridized carbons (Fsp3) is 0.580. The Kier molecular flexibility index (Phi) is 13.8. The van der Waals surface area contributed by atoms with Gasteiger partial charge < -0.3 is 34.7 Å². The zero-order valence-corrected chi connectivity index (χ0v) is 38.9. The number of nitrogens with zero attached hydrogens (tertiary/aromatic N) is 5. The van der Waals surface area contributed by atoms with E-state index in [4.69, 9.17) is 19.5 Å². The molecule has 8 atom stereocenters. The van der Waals surface area contributed by atoms with Gasteiger partial charge in [0.2, 0.25) is 18.2 Å². The molecular weight excluding hydrogens is 809 g/mol. The molecule has 4 heterocycles. The molecule has 14 heteroatoms. The molecule has 14 nitrogen and oxygen atoms in total. The van der Waals surface area contributed by atoms with Gasteiger partial charge in [0, 0.05) is 26.4 Å². The number of H-pyrrole nitrogens is 1. The fourth-order valence-electron chi connectivity index (χ4n) is 10.8. The summed E-state index contributed by atoms with van der Waals surface area (Å²) in [4.78, 5) is 59.9. The Hall–Kier alpha value is -4.89. The first-order chi connectivity index (χ1) is 30.8. The van der Waals surface area contributed by atoms with Gasteiger partial charge in [-0.15, -0.1) is 0 Å². The quantitative estimate of drug-likeness (QED) is 0.143. The van der Waals surface area contributed by atoms with Gasteiger partial charge in [-0.2, -0.15) is 0 Å². The number of aromatic amines is 1. The van der Waals surface area contributed by atoms with Crippen LogP contribution in [-0.4, -0.2) is 119 Å². The number of carbonyl (C=O) groups is 3. The van der Waals surface area contributed by atoms with Crippen molar-refractivity contribution < 1.29 is 29.0 Å². The molecule has 4 bridgehead atoms. The number of rotatable bonds is 12. The van der Waals surface area contributed by atoms with Gasteiger partial charge >= 0.3 is 6.09 Å². The first-order valence-corrected chi connectivity index (χ1v) is 23.5. The average molecular weight is 877 g/mol. The van der Waals surface area contributed by atoms with E-state index in [1.54, 1.807) is 0 Å². The van der Waals surface area contributed by atoms with E-state index in [0.717, 1.165) is 74.6 Å². The van der Waals surface area contributed by atoms with Crippen LogP contribution in [0.25, 0.3) is 16.6 Å². The smallest absolute Gasteiger partial charge is 0.407 e. The predicted octanol–water partition coefficient (Wildman–Crippen LogP) is 6.82. The summed E-state index contributed by atoms with van der Waals surface area (Å²) in [6.07, 6.45) is 10.8. The minimum absolute atomic E-state index is 0.00163. The number of likely N-dealkylation sites (N-methyl/N-ethyl adjacent to an activating group) is 1. The second kappa shape index (κ2) is 19.3. The van der Waals surface area contributed by atoms with Crippen molar-refractivity contribution in [3.8, 4) is 0 Å². The summed E-state index contributed by atoms with van der Waals surface area (Å²) in [6, 6.07) is 12.1. The molecule has 8 unspecified atom stereocenters. The Morgan fingerprint density at radius 1 is 0.906 bits per heavy atom. The average Bonchev–Trinajstić information content (AvgIpc) is 4.11. The van der Waals surface area contributed by atoms with Crippen LogP contribution in [0.3, 0.4) is 0 Å². The third kappa shape index (κ3) is 9.16. The fourth-order valence-corrected chi connectivity index (χ4v) is 10.8. The van der Waals surface area contributed by atoms with Crippen LogP contribution in [0.2, 0.25) is 0 Å². The lowest BCUT2D eigenvalue weighted by Gasteiger charge is -2.37. The second-order valence-corrected chi connectivity index (χ2v) is 19.3. The number of alkyl carbamates (subject to hydrolysis) is 1. The van der Waals surface area contributed by atoms with E-state index in [0.29, 0.717) is 19.0 Å². The number of benzene rings is 2. The molecule has 8 aliphatic rings. The van der Waals surface area contributed by atoms with E-state index >= 15 is 0 Å². The Balaban J connectivity index is 1.01. The maximum absolute atomic E-state index is 14.0. The standard InChI is InChI=1S/C50H68N8O6/c1-28(2)43(54-49(61)63-7)47(59)57-21-9-11-40(57)45-52-38-20-19-35(26-39(38)53-45)36-25-33-18-17-32-15-13-31(14-16-34(36)23-30(33)5)24-37(32)42-27-51-46(56(42)6)41-12-10-22-58(41)48(60)44(29(3)4)55-50(62)64-8/h13,15,19-20,24-30,40-44,46,50,55,62H,9-12,14,16-18,21-23H2,1-8H3,(H,52,53)(H,54,61). The Labute approximate surface area is 377 Å². The van der Waals surface area contributed by atoms with Gasteiger partial charge in [0.15, 0.2) is 0 Å². The van der Waals surface area contributed by atoms with Crippen molar-refractivity contribution in [3.63, 3.8) is 0 Å². The van der Waals surface area contributed by atoms with E-state index in [-0.39, 0.29) is 47.9 Å². The largest absolute Gasteiger partial charge is 0.453 e. The zero-order valence-electron chi connectivity index (χ0n) is 38.9. The van der Waals surface area contributed by atoms with E-state index in [1.165, 1.54) is 53.2 Å². The van der Waals surface area contributed by atoms with E-state index in [1.807, 2.05) is 37.5 Å². The van der Waals surface area contributed by atoms with Crippen LogP contribution in [0, 0.1) is 17.8 Å². The lowest BCUT2D eigenvalue weighted by molar-refractivity contribution is -0.145. The van der Waals surface area contributed by atoms with Gasteiger partial charge in [-0.1, -0.05) is 76.1 Å². The maximum atomic E-state index is 14.0. The van der Waals surface area contributed by atoms with Gasteiger partial charge in [-0.3, -0.25) is 24.8 Å². The molecule has 2 saturated heterocycles. The minimum Gasteiger partial charge on any atom is -0.453 e. The zero-order chi connectivity index (χ0) is 45.4. The Bertz CT molecular complexity index is 2320. The third-order valence-electron chi connectivity index (χ3n) is 14.5. The van der Waals surface area contributed by atoms with Crippen LogP contribution >= 0.6 is 0 Å². The highest BCUT2D eigenvalue weighted by molar-refractivity contribution is 5.88. The van der Waals surface area contributed by atoms with E-state index in [9.17, 15) is 19.5 Å². The number of hydrogen-bond donors (Lipinski definition) is 4. The van der Waals surface area contributed by atoms with Crippen LogP contribution in [-0.2, 0) is 31.9 Å². The number of aliphatic hydroxyl groups excluding tert-OH is 1. The number of carbonyl (C=O) groups excluding carboxylic acids is 3. The number of aromatic nitrogens is 2. The molecule has 3 aromatic rings. The number of aliphatic imine (C=N–C) groups is 1. The first kappa shape index (κ1) is 45.7. The number of allylic oxidation sites excluding steroid dienone is 4. The summed E-state index contributed by atoms with van der Waals surface area (Å²) in [6.45, 7) is 11.5. The normalized spacial score (nSPS) is 25.3. The topological polar surface area (TPSA) is 165 Å². The summed E-state index contributed by atoms with van der Waals surface area (Å²) in [5.41, 5.74) is 11.2. The number of likely N-dealkylation sites (tertiary alicyclic amines) is 2. The molecule has 2 aromatic carbocycles. The van der Waals surface area contributed by atoms with Crippen LogP contribution in [0.4, 0.5) is 4.79 Å². The van der Waals surface area contributed by atoms with E-state index < -0.39 is 24.6 Å². The summed E-state index contributed by atoms with van der Waals surface area (Å²) < 4.78 is 9.87. The Morgan fingerprint density at radius 2 is 1.66 bits per heavy atom. The maximum Gasteiger partial charge on any atom is 0.407 e. The summed E-state index contributed by atoms with van der Waals surface area (Å²) >= 11 is 0. The minimum atomic E-state index is -1.21. The molecule has 3 aliphatic heterocycles. The van der Waals surface area contributed by atoms with E-state index in [2.05, 4.69) is 83.2 Å². The summed E-state index contributed by atoms with van der Waals surface area (Å²) in [5.74, 6) is 0.947. The molecule has 3 amide bonds. The van der Waals surface area contributed by atoms with Gasteiger partial charge in [0.05, 0.1) is 42.3 Å². The van der Waals surface area contributed by atoms with Crippen LogP contribution in [0.5, 0.6) is 0 Å². The predicted molar refractivity (Wildman–Crippen MR) is 248 cm³/mol. The number of hydrogen-bond acceptors (Lipinski definition) is 10. The molecule has 0 radical (unpaired) electrons. The number of methoxy groups -OCH3 is 2. The van der Waals surface area contributed by atoms with Crippen molar-refractivity contribution in [1.29, 1.82) is 0 Å². The number of aryl methyl sites for hydroxylation is 2. The molecule has 0 saturated carbocycles. The molecule has 0 spiro atoms. The molecule has 64 heavy (non-hydrogen) atoms. The number of amides is 3. The second-order valence-electron chi connectivity index (χ2n) is 19.3. The van der Waals surface area contributed by atoms with Crippen LogP contribution in [0.1, 0.15) is 120 Å². The highest BCUT2D eigenvalue weighted by Gasteiger charge is 2.44. The molecule has 344 valence electrons. The lowest BCUT2D eigenvalue weighted by atomic mass is 9.77. The van der Waals surface area contributed by atoms with Crippen molar-refractivity contribution in [1.82, 2.24) is 35.3 Å². The number of ether oxygens (including phenoxy) is 2. The van der Waals surface area contributed by atoms with Crippen molar-refractivity contribution >= 4 is 40.7 Å². The van der Waals surface area contributed by atoms with Crippen molar-refractivity contribution in [2.24, 2.45) is 22.7 Å². The number of imidazole rings is 1. The highest BCUT2D eigenvalue weighted by Crippen LogP contribution is 2.42. The molecule has 2 fully saturated rings. The van der Waals surface area contributed by atoms with Crippen molar-refractivity contribution in [2.45, 2.75) is 135 Å². The molecule has 1 aromatic heterocycles. The summed E-state index contributed by atoms with van der Waals surface area (Å²) in [7, 11) is 4.88. The van der Waals surface area contributed by atoms with Crippen molar-refractivity contribution in [2.75, 3.05) is 34.4 Å². The van der Waals surface area contributed by atoms with Crippen LogP contribution in [0.15, 0.2) is 58.6 Å². The van der Waals surface area contributed by atoms with Gasteiger partial charge in [-0.05, 0) is 123 Å². The monoisotopic (exact) mass is 877 g/mol. The number of nitrogens with one attached hydrogen (secondary N) is 3. The van der Waals surface area contributed by atoms with Gasteiger partial charge in [-0.25, -0.2) is 9.78 Å². The molecular formula is C50H68N8O6. The van der Waals surface area contributed by atoms with Crippen molar-refractivity contribution in [3.05, 3.63) is 81.7 Å².